The zero-order valence-corrected chi connectivity index (χ0v) is 13.5. The van der Waals surface area contributed by atoms with Gasteiger partial charge in [-0.05, 0) is 38.8 Å². The summed E-state index contributed by atoms with van der Waals surface area (Å²) in [6, 6.07) is 5.59. The number of halogens is 1. The van der Waals surface area contributed by atoms with Crippen LogP contribution in [0.4, 0.5) is 0 Å². The summed E-state index contributed by atoms with van der Waals surface area (Å²) in [6.45, 7) is 5.38. The van der Waals surface area contributed by atoms with Crippen molar-refractivity contribution < 1.29 is 9.53 Å². The highest BCUT2D eigenvalue weighted by molar-refractivity contribution is 9.10. The van der Waals surface area contributed by atoms with Gasteiger partial charge in [-0.2, -0.15) is 0 Å². The highest BCUT2D eigenvalue weighted by Crippen LogP contribution is 2.28. The van der Waals surface area contributed by atoms with Gasteiger partial charge >= 0.3 is 0 Å². The van der Waals surface area contributed by atoms with Gasteiger partial charge in [0.15, 0.2) is 6.10 Å². The first-order chi connectivity index (χ1) is 9.49. The van der Waals surface area contributed by atoms with Gasteiger partial charge in [-0.1, -0.05) is 22.0 Å². The molecule has 1 aromatic rings. The monoisotopic (exact) mass is 340 g/mol. The molecule has 0 spiro atoms. The standard InChI is InChI=1S/C15H21BrN2O2/c1-10(17)13-6-5-12(16)9-14(13)20-11(2)15(19)18-7-3-4-8-18/h5-6,9-11H,3-4,7-8,17H2,1-2H3. The summed E-state index contributed by atoms with van der Waals surface area (Å²) in [5, 5.41) is 0. The van der Waals surface area contributed by atoms with Gasteiger partial charge in [-0.15, -0.1) is 0 Å². The Morgan fingerprint density at radius 2 is 2.00 bits per heavy atom. The molecular formula is C15H21BrN2O2. The number of likely N-dealkylation sites (tertiary alicyclic amines) is 1. The molecule has 4 nitrogen and oxygen atoms in total. The lowest BCUT2D eigenvalue weighted by Crippen LogP contribution is -2.38. The number of benzene rings is 1. The first-order valence-corrected chi connectivity index (χ1v) is 7.79. The quantitative estimate of drug-likeness (QED) is 0.916. The van der Waals surface area contributed by atoms with E-state index >= 15 is 0 Å². The molecule has 1 fully saturated rings. The lowest BCUT2D eigenvalue weighted by Gasteiger charge is -2.23. The zero-order chi connectivity index (χ0) is 14.7. The van der Waals surface area contributed by atoms with Crippen LogP contribution >= 0.6 is 15.9 Å². The molecule has 2 N–H and O–H groups in total. The van der Waals surface area contributed by atoms with Crippen LogP contribution in [-0.4, -0.2) is 30.0 Å². The van der Waals surface area contributed by atoms with Crippen molar-refractivity contribution >= 4 is 21.8 Å². The van der Waals surface area contributed by atoms with Crippen molar-refractivity contribution in [3.63, 3.8) is 0 Å². The van der Waals surface area contributed by atoms with Crippen molar-refractivity contribution in [2.45, 2.75) is 38.8 Å². The third-order valence-corrected chi connectivity index (χ3v) is 4.03. The van der Waals surface area contributed by atoms with Gasteiger partial charge < -0.3 is 15.4 Å². The van der Waals surface area contributed by atoms with Crippen molar-refractivity contribution in [2.75, 3.05) is 13.1 Å². The second-order valence-electron chi connectivity index (χ2n) is 5.26. The zero-order valence-electron chi connectivity index (χ0n) is 11.9. The second kappa shape index (κ2) is 6.59. The normalized spacial score (nSPS) is 17.9. The molecule has 110 valence electrons. The molecule has 0 saturated carbocycles. The minimum absolute atomic E-state index is 0.0538. The van der Waals surface area contributed by atoms with Crippen molar-refractivity contribution in [1.29, 1.82) is 0 Å². The van der Waals surface area contributed by atoms with E-state index in [0.29, 0.717) is 5.75 Å². The third kappa shape index (κ3) is 3.52. The maximum Gasteiger partial charge on any atom is 0.263 e. The molecule has 2 rings (SSSR count). The van der Waals surface area contributed by atoms with E-state index in [0.717, 1.165) is 36.0 Å². The van der Waals surface area contributed by atoms with Crippen molar-refractivity contribution in [1.82, 2.24) is 4.90 Å². The van der Waals surface area contributed by atoms with E-state index in [1.54, 1.807) is 6.92 Å². The number of amides is 1. The first kappa shape index (κ1) is 15.3. The second-order valence-corrected chi connectivity index (χ2v) is 6.18. The number of hydrogen-bond acceptors (Lipinski definition) is 3. The van der Waals surface area contributed by atoms with Crippen LogP contribution in [0, 0.1) is 0 Å². The summed E-state index contributed by atoms with van der Waals surface area (Å²) in [6.07, 6.45) is 1.68. The van der Waals surface area contributed by atoms with Crippen LogP contribution in [0.5, 0.6) is 5.75 Å². The highest BCUT2D eigenvalue weighted by atomic mass is 79.9. The van der Waals surface area contributed by atoms with Crippen LogP contribution in [0.2, 0.25) is 0 Å². The Morgan fingerprint density at radius 3 is 2.60 bits per heavy atom. The summed E-state index contributed by atoms with van der Waals surface area (Å²) >= 11 is 3.42. The smallest absolute Gasteiger partial charge is 0.263 e. The Morgan fingerprint density at radius 1 is 1.35 bits per heavy atom. The summed E-state index contributed by atoms with van der Waals surface area (Å²) in [4.78, 5) is 14.1. The molecule has 1 aliphatic heterocycles. The third-order valence-electron chi connectivity index (χ3n) is 3.54. The number of nitrogens with two attached hydrogens (primary N) is 1. The summed E-state index contributed by atoms with van der Waals surface area (Å²) in [7, 11) is 0. The molecule has 1 aromatic carbocycles. The van der Waals surface area contributed by atoms with Gasteiger partial charge in [-0.25, -0.2) is 0 Å². The molecule has 20 heavy (non-hydrogen) atoms. The van der Waals surface area contributed by atoms with E-state index in [4.69, 9.17) is 10.5 Å². The molecular weight excluding hydrogens is 320 g/mol. The van der Waals surface area contributed by atoms with Gasteiger partial charge in [0.25, 0.3) is 5.91 Å². The predicted octanol–water partition coefficient (Wildman–Crippen LogP) is 2.86. The fourth-order valence-electron chi connectivity index (χ4n) is 2.42. The predicted molar refractivity (Wildman–Crippen MR) is 82.6 cm³/mol. The summed E-state index contributed by atoms with van der Waals surface area (Å²) in [5.41, 5.74) is 6.86. The molecule has 1 amide bonds. The van der Waals surface area contributed by atoms with Gasteiger partial charge in [0.05, 0.1) is 0 Å². The van der Waals surface area contributed by atoms with E-state index in [-0.39, 0.29) is 11.9 Å². The van der Waals surface area contributed by atoms with E-state index in [9.17, 15) is 4.79 Å². The molecule has 2 atom stereocenters. The van der Waals surface area contributed by atoms with Gasteiger partial charge in [0.2, 0.25) is 0 Å². The van der Waals surface area contributed by atoms with Crippen LogP contribution in [0.3, 0.4) is 0 Å². The molecule has 0 aromatic heterocycles. The number of nitrogens with zero attached hydrogens (tertiary/aromatic N) is 1. The fourth-order valence-corrected chi connectivity index (χ4v) is 2.76. The molecule has 2 unspecified atom stereocenters. The average Bonchev–Trinajstić information content (AvgIpc) is 2.91. The highest BCUT2D eigenvalue weighted by Gasteiger charge is 2.25. The van der Waals surface area contributed by atoms with Crippen LogP contribution in [0.1, 0.15) is 38.3 Å². The number of carbonyl (C=O) groups is 1. The Labute approximate surface area is 128 Å². The maximum absolute atomic E-state index is 12.3. The first-order valence-electron chi connectivity index (χ1n) is 6.99. The minimum Gasteiger partial charge on any atom is -0.481 e. The number of carbonyl (C=O) groups excluding carboxylic acids is 1. The topological polar surface area (TPSA) is 55.6 Å². The van der Waals surface area contributed by atoms with Gasteiger partial charge in [0.1, 0.15) is 5.75 Å². The summed E-state index contributed by atoms with van der Waals surface area (Å²) < 4.78 is 6.78. The summed E-state index contributed by atoms with van der Waals surface area (Å²) in [5.74, 6) is 0.729. The van der Waals surface area contributed by atoms with Crippen molar-refractivity contribution in [2.24, 2.45) is 5.73 Å². The Hall–Kier alpha value is -1.07. The van der Waals surface area contributed by atoms with E-state index in [2.05, 4.69) is 15.9 Å². The van der Waals surface area contributed by atoms with Crippen LogP contribution in [0.15, 0.2) is 22.7 Å². The molecule has 1 heterocycles. The Balaban J connectivity index is 2.12. The number of hydrogen-bond donors (Lipinski definition) is 1. The van der Waals surface area contributed by atoms with Crippen LogP contribution < -0.4 is 10.5 Å². The molecule has 5 heteroatoms. The Bertz CT molecular complexity index is 485. The van der Waals surface area contributed by atoms with E-state index in [1.165, 1.54) is 0 Å². The van der Waals surface area contributed by atoms with Crippen molar-refractivity contribution in [3.05, 3.63) is 28.2 Å². The molecule has 1 aliphatic rings. The van der Waals surface area contributed by atoms with Crippen LogP contribution in [0.25, 0.3) is 0 Å². The fraction of sp³-hybridized carbons (Fsp3) is 0.533. The van der Waals surface area contributed by atoms with Gasteiger partial charge in [-0.3, -0.25) is 4.79 Å². The van der Waals surface area contributed by atoms with E-state index < -0.39 is 6.10 Å². The number of ether oxygens (including phenoxy) is 1. The van der Waals surface area contributed by atoms with Gasteiger partial charge in [0, 0.05) is 29.2 Å². The van der Waals surface area contributed by atoms with Crippen LogP contribution in [-0.2, 0) is 4.79 Å². The lowest BCUT2D eigenvalue weighted by molar-refractivity contribution is -0.136. The largest absolute Gasteiger partial charge is 0.481 e. The molecule has 1 saturated heterocycles. The molecule has 0 radical (unpaired) electrons. The maximum atomic E-state index is 12.3. The number of rotatable bonds is 4. The minimum atomic E-state index is -0.486. The average molecular weight is 341 g/mol. The van der Waals surface area contributed by atoms with E-state index in [1.807, 2.05) is 30.0 Å². The Kier molecular flexibility index (Phi) is 5.05. The lowest BCUT2D eigenvalue weighted by atomic mass is 10.1. The van der Waals surface area contributed by atoms with Crippen molar-refractivity contribution in [3.8, 4) is 5.75 Å². The molecule has 0 bridgehead atoms. The molecule has 0 aliphatic carbocycles. The SMILES string of the molecule is CC(Oc1cc(Br)ccc1C(C)N)C(=O)N1CCCC1.